The first-order valence-corrected chi connectivity index (χ1v) is 13.0. The molecule has 1 saturated heterocycles. The Morgan fingerprint density at radius 2 is 1.83 bits per heavy atom. The van der Waals surface area contributed by atoms with E-state index in [0.717, 1.165) is 55.5 Å². The number of hydrogen-bond donors (Lipinski definition) is 2. The van der Waals surface area contributed by atoms with Crippen molar-refractivity contribution in [3.63, 3.8) is 0 Å². The van der Waals surface area contributed by atoms with Gasteiger partial charge in [-0.1, -0.05) is 43.3 Å². The maximum atomic E-state index is 13.8. The number of para-hydroxylation sites is 1. The van der Waals surface area contributed by atoms with Crippen LogP contribution in [0.4, 0.5) is 5.69 Å². The van der Waals surface area contributed by atoms with E-state index in [-0.39, 0.29) is 11.6 Å². The Balaban J connectivity index is 1.33. The van der Waals surface area contributed by atoms with E-state index in [1.54, 1.807) is 18.2 Å². The summed E-state index contributed by atoms with van der Waals surface area (Å²) in [6.45, 7) is 8.38. The van der Waals surface area contributed by atoms with Gasteiger partial charge in [0.25, 0.3) is 0 Å². The summed E-state index contributed by atoms with van der Waals surface area (Å²) < 4.78 is 6.36. The second-order valence-corrected chi connectivity index (χ2v) is 10.4. The van der Waals surface area contributed by atoms with Gasteiger partial charge in [0.15, 0.2) is 11.5 Å². The number of rotatable bonds is 5. The van der Waals surface area contributed by atoms with Gasteiger partial charge in [-0.05, 0) is 57.3 Å². The average Bonchev–Trinajstić information content (AvgIpc) is 2.88. The molecule has 0 radical (unpaired) electrons. The van der Waals surface area contributed by atoms with Gasteiger partial charge in [-0.25, -0.2) is 4.99 Å². The van der Waals surface area contributed by atoms with Crippen LogP contribution in [0, 0.1) is 12.8 Å². The summed E-state index contributed by atoms with van der Waals surface area (Å²) in [6, 6.07) is 13.0. The summed E-state index contributed by atoms with van der Waals surface area (Å²) in [4.78, 5) is 33.5. The molecule has 0 aromatic heterocycles. The van der Waals surface area contributed by atoms with E-state index in [1.165, 1.54) is 12.8 Å². The van der Waals surface area contributed by atoms with Crippen LogP contribution in [0.15, 0.2) is 65.4 Å². The van der Waals surface area contributed by atoms with Crippen LogP contribution in [0.3, 0.4) is 0 Å². The zero-order valence-electron chi connectivity index (χ0n) is 20.9. The highest BCUT2D eigenvalue weighted by Crippen LogP contribution is 2.36. The van der Waals surface area contributed by atoms with Gasteiger partial charge in [0.05, 0.1) is 5.57 Å². The van der Waals surface area contributed by atoms with Crippen molar-refractivity contribution < 1.29 is 19.3 Å². The monoisotopic (exact) mass is 482 g/mol. The Kier molecular flexibility index (Phi) is 5.84. The zero-order chi connectivity index (χ0) is 24.8. The number of nitrogens with zero attached hydrogens (tertiary/aromatic N) is 1. The van der Waals surface area contributed by atoms with E-state index in [2.05, 4.69) is 22.1 Å². The normalized spacial score (nSPS) is 23.1. The molecular formula is C30H32N3O3+. The third-order valence-corrected chi connectivity index (χ3v) is 7.72. The highest BCUT2D eigenvalue weighted by molar-refractivity contribution is 6.39. The predicted octanol–water partition coefficient (Wildman–Crippen LogP) is 2.89. The number of piperidine rings is 1. The summed E-state index contributed by atoms with van der Waals surface area (Å²) in [5, 5.41) is 3.50. The van der Waals surface area contributed by atoms with E-state index in [0.29, 0.717) is 33.7 Å². The largest absolute Gasteiger partial charge is 0.468 e. The second kappa shape index (κ2) is 9.17. The van der Waals surface area contributed by atoms with Crippen molar-refractivity contribution in [2.75, 3.05) is 26.2 Å². The van der Waals surface area contributed by atoms with Crippen molar-refractivity contribution >= 4 is 23.0 Å². The van der Waals surface area contributed by atoms with Gasteiger partial charge in [-0.15, -0.1) is 0 Å². The number of aryl methyl sites for hydroxylation is 1. The second-order valence-electron chi connectivity index (χ2n) is 10.4. The van der Waals surface area contributed by atoms with Crippen molar-refractivity contribution in [2.45, 2.75) is 39.2 Å². The van der Waals surface area contributed by atoms with Crippen LogP contribution >= 0.6 is 0 Å². The standard InChI is InChI=1S/C30H31N3O3/c1-18-8-6-14-33(17-18)15-7-13-31-22-16-24-28(32-27-19(2)9-5-12-23(27)36-24)26-25(22)29(34)20-10-3-4-11-21(20)30(26)35/h3-5,9-12,16,18,24,31H,6-8,13-15,17H2,1-2H3/p+1/t18-,24?/m1/s1. The number of allylic oxidation sites excluding steroid dienone is 1. The maximum absolute atomic E-state index is 13.8. The molecule has 0 bridgehead atoms. The lowest BCUT2D eigenvalue weighted by Crippen LogP contribution is -2.74. The SMILES string of the molecule is Cc1cccc2c1[NH+]=C1C3=C(C(=O)c4ccccc4C3=O)C(NCCCN3CCC[C@@H](C)C3)=CC1O2. The fourth-order valence-electron chi connectivity index (χ4n) is 5.91. The molecule has 1 fully saturated rings. The number of nitrogens with one attached hydrogen (secondary N) is 2. The van der Waals surface area contributed by atoms with Crippen molar-refractivity contribution in [3.8, 4) is 5.75 Å². The third kappa shape index (κ3) is 3.90. The van der Waals surface area contributed by atoms with Crippen LogP contribution in [-0.4, -0.2) is 54.5 Å². The molecule has 36 heavy (non-hydrogen) atoms. The zero-order valence-corrected chi connectivity index (χ0v) is 20.9. The molecule has 2 aromatic rings. The molecule has 6 heteroatoms. The topological polar surface area (TPSA) is 72.6 Å². The molecule has 0 spiro atoms. The van der Waals surface area contributed by atoms with Crippen molar-refractivity contribution in [3.05, 3.63) is 82.1 Å². The minimum Gasteiger partial charge on any atom is -0.468 e. The minimum atomic E-state index is -0.467. The molecule has 2 aliphatic carbocycles. The lowest BCUT2D eigenvalue weighted by Gasteiger charge is -2.32. The Labute approximate surface area is 211 Å². The summed E-state index contributed by atoms with van der Waals surface area (Å²) in [5.74, 6) is 1.25. The summed E-state index contributed by atoms with van der Waals surface area (Å²) in [7, 11) is 0. The van der Waals surface area contributed by atoms with Crippen LogP contribution in [-0.2, 0) is 0 Å². The van der Waals surface area contributed by atoms with Crippen LogP contribution < -0.4 is 15.0 Å². The van der Waals surface area contributed by atoms with E-state index >= 15 is 0 Å². The number of ketones is 2. The van der Waals surface area contributed by atoms with E-state index in [4.69, 9.17) is 4.74 Å². The molecule has 1 unspecified atom stereocenters. The Hall–Kier alpha value is -3.51. The molecular weight excluding hydrogens is 450 g/mol. The number of likely N-dealkylation sites (tertiary alicyclic amines) is 1. The molecule has 2 aromatic carbocycles. The highest BCUT2D eigenvalue weighted by Gasteiger charge is 2.46. The number of Topliss-reactive ketones (excluding diaryl/α,β-unsaturated/α-hetero) is 2. The summed E-state index contributed by atoms with van der Waals surface area (Å²) >= 11 is 0. The highest BCUT2D eigenvalue weighted by atomic mass is 16.5. The molecule has 6 rings (SSSR count). The lowest BCUT2D eigenvalue weighted by molar-refractivity contribution is -0.363. The Morgan fingerprint density at radius 1 is 1.06 bits per heavy atom. The first kappa shape index (κ1) is 22.9. The third-order valence-electron chi connectivity index (χ3n) is 7.72. The smallest absolute Gasteiger partial charge is 0.249 e. The molecule has 6 nitrogen and oxygen atoms in total. The number of fused-ring (bicyclic) bond motifs is 4. The number of hydrogen-bond acceptors (Lipinski definition) is 5. The van der Waals surface area contributed by atoms with Crippen molar-refractivity contribution in [1.29, 1.82) is 0 Å². The molecule has 0 saturated carbocycles. The van der Waals surface area contributed by atoms with Gasteiger partial charge in [0.2, 0.25) is 23.3 Å². The lowest BCUT2D eigenvalue weighted by atomic mass is 9.76. The summed E-state index contributed by atoms with van der Waals surface area (Å²) in [6.07, 6.45) is 5.03. The fraction of sp³-hybridized carbons (Fsp3) is 0.367. The van der Waals surface area contributed by atoms with Gasteiger partial charge in [-0.3, -0.25) is 9.59 Å². The molecule has 0 amide bonds. The van der Waals surface area contributed by atoms with Crippen molar-refractivity contribution in [2.24, 2.45) is 5.92 Å². The van der Waals surface area contributed by atoms with Gasteiger partial charge >= 0.3 is 0 Å². The molecule has 184 valence electrons. The Bertz CT molecular complexity index is 1350. The number of carbonyl (C=O) groups is 2. The van der Waals surface area contributed by atoms with Gasteiger partial charge in [0, 0.05) is 35.5 Å². The Morgan fingerprint density at radius 3 is 2.61 bits per heavy atom. The number of benzene rings is 2. The first-order chi connectivity index (χ1) is 17.5. The molecule has 2 N–H and O–H groups in total. The molecule has 2 heterocycles. The van der Waals surface area contributed by atoms with E-state index in [9.17, 15) is 9.59 Å². The fourth-order valence-corrected chi connectivity index (χ4v) is 5.91. The van der Waals surface area contributed by atoms with Gasteiger partial charge in [-0.2, -0.15) is 0 Å². The van der Waals surface area contributed by atoms with Crippen LogP contribution in [0.1, 0.15) is 52.5 Å². The van der Waals surface area contributed by atoms with E-state index < -0.39 is 6.10 Å². The molecule has 2 atom stereocenters. The number of carbonyl (C=O) groups excluding carboxylic acids is 2. The van der Waals surface area contributed by atoms with Crippen LogP contribution in [0.5, 0.6) is 5.75 Å². The quantitative estimate of drug-likeness (QED) is 0.642. The average molecular weight is 483 g/mol. The molecule has 4 aliphatic rings. The molecule has 2 aliphatic heterocycles. The first-order valence-electron chi connectivity index (χ1n) is 13.0. The summed E-state index contributed by atoms with van der Waals surface area (Å²) in [5.41, 5.74) is 4.99. The van der Waals surface area contributed by atoms with Gasteiger partial charge < -0.3 is 15.0 Å². The minimum absolute atomic E-state index is 0.118. The van der Waals surface area contributed by atoms with Gasteiger partial charge in [0.1, 0.15) is 5.57 Å². The number of ether oxygens (including phenoxy) is 1. The predicted molar refractivity (Wildman–Crippen MR) is 139 cm³/mol. The van der Waals surface area contributed by atoms with E-state index in [1.807, 2.05) is 37.3 Å². The maximum Gasteiger partial charge on any atom is 0.249 e. The van der Waals surface area contributed by atoms with Crippen LogP contribution in [0.2, 0.25) is 0 Å². The van der Waals surface area contributed by atoms with Crippen LogP contribution in [0.25, 0.3) is 0 Å². The van der Waals surface area contributed by atoms with Crippen molar-refractivity contribution in [1.82, 2.24) is 10.2 Å².